The number of hydrogen-bond donors (Lipinski definition) is 2. The molecule has 0 aliphatic carbocycles. The molecule has 5 nitrogen and oxygen atoms in total. The van der Waals surface area contributed by atoms with Crippen LogP contribution in [0.3, 0.4) is 0 Å². The van der Waals surface area contributed by atoms with Crippen molar-refractivity contribution < 1.29 is 18.7 Å². The standard InChI is InChI=1S/C21H15BrClFN2O3/c22-18-11-14(23)4-9-19(18)29-12-20(27)25-17-3-1-2-13(10-17)21(28)26-16-7-5-15(24)6-8-16/h1-11H,12H2,(H,25,27)(H,26,28). The number of nitrogens with one attached hydrogen (secondary N) is 2. The van der Waals surface area contributed by atoms with Gasteiger partial charge in [-0.2, -0.15) is 0 Å². The number of rotatable bonds is 6. The molecule has 3 rings (SSSR count). The highest BCUT2D eigenvalue weighted by Crippen LogP contribution is 2.28. The van der Waals surface area contributed by atoms with Crippen molar-refractivity contribution in [3.05, 3.63) is 87.6 Å². The SMILES string of the molecule is O=C(COc1ccc(Cl)cc1Br)Nc1cccc(C(=O)Nc2ccc(F)cc2)c1. The fraction of sp³-hybridized carbons (Fsp3) is 0.0476. The Morgan fingerprint density at radius 3 is 2.45 bits per heavy atom. The Hall–Kier alpha value is -2.90. The average Bonchev–Trinajstić information content (AvgIpc) is 2.69. The summed E-state index contributed by atoms with van der Waals surface area (Å²) in [5, 5.41) is 5.88. The summed E-state index contributed by atoms with van der Waals surface area (Å²) < 4.78 is 19.1. The Morgan fingerprint density at radius 1 is 0.966 bits per heavy atom. The van der Waals surface area contributed by atoms with Gasteiger partial charge in [-0.3, -0.25) is 9.59 Å². The van der Waals surface area contributed by atoms with E-state index in [-0.39, 0.29) is 24.2 Å². The molecule has 3 aromatic carbocycles. The first kappa shape index (κ1) is 20.8. The van der Waals surface area contributed by atoms with Gasteiger partial charge in [-0.15, -0.1) is 0 Å². The zero-order chi connectivity index (χ0) is 20.8. The number of ether oxygens (including phenoxy) is 1. The number of amides is 2. The fourth-order valence-electron chi connectivity index (χ4n) is 2.41. The highest BCUT2D eigenvalue weighted by molar-refractivity contribution is 9.10. The van der Waals surface area contributed by atoms with Gasteiger partial charge >= 0.3 is 0 Å². The van der Waals surface area contributed by atoms with Crippen LogP contribution in [0.2, 0.25) is 5.02 Å². The highest BCUT2D eigenvalue weighted by Gasteiger charge is 2.10. The Morgan fingerprint density at radius 2 is 1.72 bits per heavy atom. The van der Waals surface area contributed by atoms with Crippen LogP contribution < -0.4 is 15.4 Å². The molecule has 0 aromatic heterocycles. The minimum absolute atomic E-state index is 0.216. The third-order valence-corrected chi connectivity index (χ3v) is 4.62. The van der Waals surface area contributed by atoms with Crippen molar-refractivity contribution in [2.75, 3.05) is 17.2 Å². The smallest absolute Gasteiger partial charge is 0.262 e. The van der Waals surface area contributed by atoms with E-state index < -0.39 is 0 Å². The first-order valence-electron chi connectivity index (χ1n) is 8.45. The van der Waals surface area contributed by atoms with Crippen LogP contribution in [-0.2, 0) is 4.79 Å². The summed E-state index contributed by atoms with van der Waals surface area (Å²) in [5.74, 6) is -0.672. The van der Waals surface area contributed by atoms with Crippen molar-refractivity contribution in [2.24, 2.45) is 0 Å². The third-order valence-electron chi connectivity index (χ3n) is 3.76. The zero-order valence-corrected chi connectivity index (χ0v) is 17.3. The van der Waals surface area contributed by atoms with Gasteiger partial charge in [0.15, 0.2) is 6.61 Å². The molecule has 148 valence electrons. The van der Waals surface area contributed by atoms with E-state index in [1.165, 1.54) is 30.3 Å². The summed E-state index contributed by atoms with van der Waals surface area (Å²) in [6.07, 6.45) is 0. The number of carbonyl (C=O) groups excluding carboxylic acids is 2. The Balaban J connectivity index is 1.59. The van der Waals surface area contributed by atoms with Crippen molar-refractivity contribution in [2.45, 2.75) is 0 Å². The Kier molecular flexibility index (Phi) is 6.85. The molecule has 0 unspecified atom stereocenters. The van der Waals surface area contributed by atoms with Crippen molar-refractivity contribution in [3.63, 3.8) is 0 Å². The van der Waals surface area contributed by atoms with Gasteiger partial charge in [-0.05, 0) is 76.6 Å². The molecule has 0 saturated carbocycles. The lowest BCUT2D eigenvalue weighted by molar-refractivity contribution is -0.118. The van der Waals surface area contributed by atoms with Gasteiger partial charge in [-0.25, -0.2) is 4.39 Å². The van der Waals surface area contributed by atoms with Gasteiger partial charge in [-0.1, -0.05) is 17.7 Å². The van der Waals surface area contributed by atoms with Crippen LogP contribution in [-0.4, -0.2) is 18.4 Å². The Bertz CT molecular complexity index is 1040. The maximum Gasteiger partial charge on any atom is 0.262 e. The van der Waals surface area contributed by atoms with E-state index in [2.05, 4.69) is 26.6 Å². The average molecular weight is 478 g/mol. The van der Waals surface area contributed by atoms with Gasteiger partial charge in [0.25, 0.3) is 11.8 Å². The minimum Gasteiger partial charge on any atom is -0.483 e. The largest absolute Gasteiger partial charge is 0.483 e. The number of carbonyl (C=O) groups is 2. The second-order valence-electron chi connectivity index (χ2n) is 5.95. The predicted octanol–water partition coefficient (Wildman–Crippen LogP) is 5.51. The first-order valence-corrected chi connectivity index (χ1v) is 9.62. The van der Waals surface area contributed by atoms with Crippen LogP contribution >= 0.6 is 27.5 Å². The van der Waals surface area contributed by atoms with Crippen LogP contribution in [0.15, 0.2) is 71.2 Å². The Labute approximate surface area is 180 Å². The number of anilines is 2. The summed E-state index contributed by atoms with van der Waals surface area (Å²) in [7, 11) is 0. The van der Waals surface area contributed by atoms with Gasteiger partial charge < -0.3 is 15.4 Å². The molecule has 2 amide bonds. The molecule has 2 N–H and O–H groups in total. The fourth-order valence-corrected chi connectivity index (χ4v) is 3.20. The molecule has 0 heterocycles. The van der Waals surface area contributed by atoms with Crippen molar-refractivity contribution in [1.29, 1.82) is 0 Å². The molecular weight excluding hydrogens is 463 g/mol. The lowest BCUT2D eigenvalue weighted by atomic mass is 10.2. The summed E-state index contributed by atoms with van der Waals surface area (Å²) in [6.45, 7) is -0.216. The molecule has 0 aliphatic heterocycles. The van der Waals surface area contributed by atoms with E-state index in [1.807, 2.05) is 0 Å². The monoisotopic (exact) mass is 476 g/mol. The van der Waals surface area contributed by atoms with Gasteiger partial charge in [0.05, 0.1) is 4.47 Å². The normalized spacial score (nSPS) is 10.3. The van der Waals surface area contributed by atoms with Crippen LogP contribution in [0.5, 0.6) is 5.75 Å². The maximum atomic E-state index is 13.0. The van der Waals surface area contributed by atoms with Gasteiger partial charge in [0.2, 0.25) is 0 Å². The molecule has 0 saturated heterocycles. The molecule has 0 atom stereocenters. The van der Waals surface area contributed by atoms with E-state index in [4.69, 9.17) is 16.3 Å². The van der Waals surface area contributed by atoms with Crippen LogP contribution in [0.4, 0.5) is 15.8 Å². The lowest BCUT2D eigenvalue weighted by Crippen LogP contribution is -2.20. The molecule has 0 aliphatic rings. The third kappa shape index (κ3) is 6.04. The molecule has 3 aromatic rings. The van der Waals surface area contributed by atoms with E-state index in [1.54, 1.807) is 36.4 Å². The molecule has 0 spiro atoms. The van der Waals surface area contributed by atoms with Crippen molar-refractivity contribution in [3.8, 4) is 5.75 Å². The number of hydrogen-bond acceptors (Lipinski definition) is 3. The molecule has 8 heteroatoms. The molecule has 29 heavy (non-hydrogen) atoms. The van der Waals surface area contributed by atoms with Crippen LogP contribution in [0.1, 0.15) is 10.4 Å². The minimum atomic E-state index is -0.388. The van der Waals surface area contributed by atoms with Crippen LogP contribution in [0, 0.1) is 5.82 Å². The second kappa shape index (κ2) is 9.54. The quantitative estimate of drug-likeness (QED) is 0.492. The topological polar surface area (TPSA) is 67.4 Å². The van der Waals surface area contributed by atoms with Gasteiger partial charge in [0, 0.05) is 22.0 Å². The van der Waals surface area contributed by atoms with Crippen molar-refractivity contribution in [1.82, 2.24) is 0 Å². The van der Waals surface area contributed by atoms with E-state index >= 15 is 0 Å². The molecule has 0 bridgehead atoms. The summed E-state index contributed by atoms with van der Waals surface area (Å²) >= 11 is 9.19. The molecule has 0 fully saturated rings. The summed E-state index contributed by atoms with van der Waals surface area (Å²) in [4.78, 5) is 24.5. The second-order valence-corrected chi connectivity index (χ2v) is 7.24. The van der Waals surface area contributed by atoms with Gasteiger partial charge in [0.1, 0.15) is 11.6 Å². The molecule has 0 radical (unpaired) electrons. The lowest BCUT2D eigenvalue weighted by Gasteiger charge is -2.10. The molecular formula is C21H15BrClFN2O3. The summed E-state index contributed by atoms with van der Waals surface area (Å²) in [5.41, 5.74) is 1.25. The summed E-state index contributed by atoms with van der Waals surface area (Å²) in [6, 6.07) is 16.9. The first-order chi connectivity index (χ1) is 13.9. The van der Waals surface area contributed by atoms with Crippen LogP contribution in [0.25, 0.3) is 0 Å². The van der Waals surface area contributed by atoms with E-state index in [9.17, 15) is 14.0 Å². The van der Waals surface area contributed by atoms with Crippen molar-refractivity contribution >= 4 is 50.7 Å². The number of halogens is 3. The maximum absolute atomic E-state index is 13.0. The van der Waals surface area contributed by atoms with E-state index in [0.717, 1.165) is 0 Å². The zero-order valence-electron chi connectivity index (χ0n) is 14.9. The predicted molar refractivity (Wildman–Crippen MR) is 114 cm³/mol. The number of benzene rings is 3. The van der Waals surface area contributed by atoms with E-state index in [0.29, 0.717) is 32.2 Å². The highest BCUT2D eigenvalue weighted by atomic mass is 79.9.